The van der Waals surface area contributed by atoms with Crippen LogP contribution in [0, 0.1) is 6.92 Å². The van der Waals surface area contributed by atoms with Crippen LogP contribution in [0.1, 0.15) is 11.3 Å². The van der Waals surface area contributed by atoms with Crippen LogP contribution >= 0.6 is 0 Å². The SMILES string of the molecule is COc1ccc(OC)c(Nc2cc(C)nc(NCc3ccccc3OC)n2)c1. The van der Waals surface area contributed by atoms with Crippen LogP contribution in [0.2, 0.25) is 0 Å². The summed E-state index contributed by atoms with van der Waals surface area (Å²) in [6, 6.07) is 15.3. The first-order valence-electron chi connectivity index (χ1n) is 8.83. The van der Waals surface area contributed by atoms with Gasteiger partial charge < -0.3 is 24.8 Å². The summed E-state index contributed by atoms with van der Waals surface area (Å²) < 4.78 is 16.1. The van der Waals surface area contributed by atoms with Crippen molar-refractivity contribution in [2.75, 3.05) is 32.0 Å². The standard InChI is InChI=1S/C21H24N4O3/c1-14-11-20(24-17-12-16(26-2)9-10-19(17)28-4)25-21(23-14)22-13-15-7-5-6-8-18(15)27-3/h5-12H,13H2,1-4H3,(H2,22,23,24,25). The van der Waals surface area contributed by atoms with Crippen molar-refractivity contribution in [1.82, 2.24) is 9.97 Å². The lowest BCUT2D eigenvalue weighted by atomic mass is 10.2. The Labute approximate surface area is 164 Å². The van der Waals surface area contributed by atoms with E-state index in [0.717, 1.165) is 28.4 Å². The van der Waals surface area contributed by atoms with E-state index in [1.165, 1.54) is 0 Å². The van der Waals surface area contributed by atoms with Gasteiger partial charge in [0.15, 0.2) is 0 Å². The summed E-state index contributed by atoms with van der Waals surface area (Å²) >= 11 is 0. The minimum absolute atomic E-state index is 0.523. The Morgan fingerprint density at radius 1 is 0.857 bits per heavy atom. The van der Waals surface area contributed by atoms with Crippen LogP contribution in [0.4, 0.5) is 17.5 Å². The maximum Gasteiger partial charge on any atom is 0.225 e. The molecule has 0 aliphatic heterocycles. The Kier molecular flexibility index (Phi) is 6.16. The summed E-state index contributed by atoms with van der Waals surface area (Å²) in [6.45, 7) is 2.47. The van der Waals surface area contributed by atoms with E-state index in [-0.39, 0.29) is 0 Å². The first-order chi connectivity index (χ1) is 13.6. The van der Waals surface area contributed by atoms with Gasteiger partial charge in [0.05, 0.1) is 27.0 Å². The van der Waals surface area contributed by atoms with Crippen LogP contribution < -0.4 is 24.8 Å². The Balaban J connectivity index is 1.80. The quantitative estimate of drug-likeness (QED) is 0.607. The fraction of sp³-hybridized carbons (Fsp3) is 0.238. The number of benzene rings is 2. The first kappa shape index (κ1) is 19.3. The average Bonchev–Trinajstić information content (AvgIpc) is 2.72. The number of nitrogens with zero attached hydrogens (tertiary/aromatic N) is 2. The van der Waals surface area contributed by atoms with E-state index in [9.17, 15) is 0 Å². The zero-order chi connectivity index (χ0) is 19.9. The molecule has 3 aromatic rings. The number of aromatic nitrogens is 2. The molecule has 0 saturated carbocycles. The number of hydrogen-bond donors (Lipinski definition) is 2. The largest absolute Gasteiger partial charge is 0.497 e. The van der Waals surface area contributed by atoms with E-state index in [1.54, 1.807) is 21.3 Å². The molecule has 3 rings (SSSR count). The van der Waals surface area contributed by atoms with Gasteiger partial charge in [-0.3, -0.25) is 0 Å². The van der Waals surface area contributed by atoms with Crippen LogP contribution in [0.3, 0.4) is 0 Å². The van der Waals surface area contributed by atoms with Crippen molar-refractivity contribution in [2.45, 2.75) is 13.5 Å². The predicted octanol–water partition coefficient (Wildman–Crippen LogP) is 4.17. The van der Waals surface area contributed by atoms with Crippen molar-refractivity contribution in [2.24, 2.45) is 0 Å². The van der Waals surface area contributed by atoms with Crippen LogP contribution in [0.25, 0.3) is 0 Å². The summed E-state index contributed by atoms with van der Waals surface area (Å²) in [5.74, 6) is 3.42. The van der Waals surface area contributed by atoms with Crippen molar-refractivity contribution in [1.29, 1.82) is 0 Å². The molecule has 1 aromatic heterocycles. The van der Waals surface area contributed by atoms with Crippen molar-refractivity contribution >= 4 is 17.5 Å². The number of aryl methyl sites for hydroxylation is 1. The van der Waals surface area contributed by atoms with Gasteiger partial charge in [-0.05, 0) is 25.1 Å². The molecule has 0 aliphatic rings. The van der Waals surface area contributed by atoms with Crippen LogP contribution in [0.5, 0.6) is 17.2 Å². The molecular formula is C21H24N4O3. The average molecular weight is 380 g/mol. The molecule has 0 bridgehead atoms. The van der Waals surface area contributed by atoms with Gasteiger partial charge in [-0.15, -0.1) is 0 Å². The molecule has 1 heterocycles. The number of methoxy groups -OCH3 is 3. The van der Waals surface area contributed by atoms with Gasteiger partial charge in [-0.1, -0.05) is 18.2 Å². The van der Waals surface area contributed by atoms with Crippen molar-refractivity contribution in [3.8, 4) is 17.2 Å². The maximum absolute atomic E-state index is 5.42. The Bertz CT molecular complexity index is 947. The highest BCUT2D eigenvalue weighted by Crippen LogP contribution is 2.31. The first-order valence-corrected chi connectivity index (χ1v) is 8.83. The van der Waals surface area contributed by atoms with Gasteiger partial charge in [-0.25, -0.2) is 4.98 Å². The summed E-state index contributed by atoms with van der Waals surface area (Å²) in [5.41, 5.74) is 2.62. The maximum atomic E-state index is 5.42. The third kappa shape index (κ3) is 4.62. The van der Waals surface area contributed by atoms with Gasteiger partial charge in [0, 0.05) is 29.9 Å². The zero-order valence-electron chi connectivity index (χ0n) is 16.4. The van der Waals surface area contributed by atoms with E-state index in [4.69, 9.17) is 14.2 Å². The molecule has 0 saturated heterocycles. The second-order valence-electron chi connectivity index (χ2n) is 6.07. The molecule has 146 valence electrons. The number of ether oxygens (including phenoxy) is 3. The fourth-order valence-corrected chi connectivity index (χ4v) is 2.78. The predicted molar refractivity (Wildman–Crippen MR) is 110 cm³/mol. The molecule has 0 amide bonds. The third-order valence-corrected chi connectivity index (χ3v) is 4.15. The van der Waals surface area contributed by atoms with Gasteiger partial charge in [0.25, 0.3) is 0 Å². The topological polar surface area (TPSA) is 77.5 Å². The smallest absolute Gasteiger partial charge is 0.225 e. The van der Waals surface area contributed by atoms with E-state index >= 15 is 0 Å². The number of anilines is 3. The third-order valence-electron chi connectivity index (χ3n) is 4.15. The van der Waals surface area contributed by atoms with E-state index in [2.05, 4.69) is 20.6 Å². The molecule has 2 N–H and O–H groups in total. The molecule has 0 spiro atoms. The van der Waals surface area contributed by atoms with Gasteiger partial charge >= 0.3 is 0 Å². The monoisotopic (exact) mass is 380 g/mol. The van der Waals surface area contributed by atoms with Crippen molar-refractivity contribution < 1.29 is 14.2 Å². The molecule has 0 fully saturated rings. The van der Waals surface area contributed by atoms with Crippen LogP contribution in [-0.4, -0.2) is 31.3 Å². The van der Waals surface area contributed by atoms with Gasteiger partial charge in [0.1, 0.15) is 23.1 Å². The second-order valence-corrected chi connectivity index (χ2v) is 6.07. The van der Waals surface area contributed by atoms with Crippen LogP contribution in [0.15, 0.2) is 48.5 Å². The summed E-state index contributed by atoms with van der Waals surface area (Å²) in [6.07, 6.45) is 0. The molecular weight excluding hydrogens is 356 g/mol. The highest BCUT2D eigenvalue weighted by molar-refractivity contribution is 5.67. The summed E-state index contributed by atoms with van der Waals surface area (Å²) in [7, 11) is 4.91. The highest BCUT2D eigenvalue weighted by atomic mass is 16.5. The normalized spacial score (nSPS) is 10.3. The molecule has 0 aliphatic carbocycles. The number of hydrogen-bond acceptors (Lipinski definition) is 7. The van der Waals surface area contributed by atoms with Gasteiger partial charge in [0.2, 0.25) is 5.95 Å². The number of nitrogens with one attached hydrogen (secondary N) is 2. The number of para-hydroxylation sites is 1. The second kappa shape index (κ2) is 8.94. The summed E-state index contributed by atoms with van der Waals surface area (Å²) in [5, 5.41) is 6.53. The molecule has 2 aromatic carbocycles. The van der Waals surface area contributed by atoms with E-state index in [1.807, 2.05) is 55.5 Å². The lowest BCUT2D eigenvalue weighted by Crippen LogP contribution is -2.07. The Hall–Kier alpha value is -3.48. The van der Waals surface area contributed by atoms with E-state index in [0.29, 0.717) is 24.1 Å². The molecule has 7 nitrogen and oxygen atoms in total. The fourth-order valence-electron chi connectivity index (χ4n) is 2.78. The molecule has 0 unspecified atom stereocenters. The highest BCUT2D eigenvalue weighted by Gasteiger charge is 2.09. The minimum Gasteiger partial charge on any atom is -0.497 e. The number of rotatable bonds is 8. The Morgan fingerprint density at radius 2 is 1.64 bits per heavy atom. The van der Waals surface area contributed by atoms with Crippen LogP contribution in [-0.2, 0) is 6.54 Å². The lowest BCUT2D eigenvalue weighted by Gasteiger charge is -2.14. The van der Waals surface area contributed by atoms with E-state index < -0.39 is 0 Å². The summed E-state index contributed by atoms with van der Waals surface area (Å²) in [4.78, 5) is 9.02. The van der Waals surface area contributed by atoms with Crippen molar-refractivity contribution in [3.63, 3.8) is 0 Å². The molecule has 0 atom stereocenters. The Morgan fingerprint density at radius 3 is 2.39 bits per heavy atom. The molecule has 7 heteroatoms. The molecule has 28 heavy (non-hydrogen) atoms. The van der Waals surface area contributed by atoms with Crippen molar-refractivity contribution in [3.05, 3.63) is 59.8 Å². The lowest BCUT2D eigenvalue weighted by molar-refractivity contribution is 0.405. The zero-order valence-corrected chi connectivity index (χ0v) is 16.4. The van der Waals surface area contributed by atoms with Gasteiger partial charge in [-0.2, -0.15) is 4.98 Å². The molecule has 0 radical (unpaired) electrons. The minimum atomic E-state index is 0.523.